The smallest absolute Gasteiger partial charge is 0.345 e. The highest BCUT2D eigenvalue weighted by Crippen LogP contribution is 2.35. The zero-order chi connectivity index (χ0) is 24.3. The minimum Gasteiger partial charge on any atom is -0.459 e. The molecule has 32 heavy (non-hydrogen) atoms. The Morgan fingerprint density at radius 3 is 2.53 bits per heavy atom. The van der Waals surface area contributed by atoms with E-state index in [2.05, 4.69) is 4.90 Å². The number of hydrogen-bond donors (Lipinski definition) is 1. The van der Waals surface area contributed by atoms with Gasteiger partial charge in [0.1, 0.15) is 18.3 Å². The molecule has 0 bridgehead atoms. The molecule has 1 fully saturated rings. The molecule has 2 aliphatic rings. The topological polar surface area (TPSA) is 112 Å². The summed E-state index contributed by atoms with van der Waals surface area (Å²) in [6.45, 7) is 10.4. The molecule has 4 atom stereocenters. The molecule has 1 N–H and O–H groups in total. The first kappa shape index (κ1) is 26.0. The van der Waals surface area contributed by atoms with Gasteiger partial charge in [0.15, 0.2) is 0 Å². The van der Waals surface area contributed by atoms with Gasteiger partial charge in [-0.25, -0.2) is 9.59 Å². The van der Waals surface area contributed by atoms with E-state index in [0.717, 1.165) is 12.1 Å². The Morgan fingerprint density at radius 1 is 1.31 bits per heavy atom. The molecular formula is C23H35NO8. The maximum atomic E-state index is 13.1. The Bertz CT molecular complexity index is 802. The average molecular weight is 454 g/mol. The van der Waals surface area contributed by atoms with Gasteiger partial charge in [-0.15, -0.1) is 0 Å². The lowest BCUT2D eigenvalue weighted by Gasteiger charge is -2.42. The van der Waals surface area contributed by atoms with Crippen molar-refractivity contribution in [1.29, 1.82) is 0 Å². The second-order valence-electron chi connectivity index (χ2n) is 8.75. The van der Waals surface area contributed by atoms with Crippen LogP contribution in [0, 0.1) is 0 Å². The Labute approximate surface area is 189 Å². The van der Waals surface area contributed by atoms with Crippen molar-refractivity contribution in [2.75, 3.05) is 26.8 Å². The van der Waals surface area contributed by atoms with Gasteiger partial charge in [0, 0.05) is 32.7 Å². The fourth-order valence-electron chi connectivity index (χ4n) is 4.24. The minimum atomic E-state index is -2.24. The molecule has 2 rings (SSSR count). The average Bonchev–Trinajstić information content (AvgIpc) is 3.31. The van der Waals surface area contributed by atoms with Gasteiger partial charge < -0.3 is 24.1 Å². The number of carbonyl (C=O) groups is 3. The van der Waals surface area contributed by atoms with Crippen LogP contribution in [-0.2, 0) is 33.3 Å². The van der Waals surface area contributed by atoms with E-state index >= 15 is 0 Å². The summed E-state index contributed by atoms with van der Waals surface area (Å²) >= 11 is 0. The largest absolute Gasteiger partial charge is 0.459 e. The summed E-state index contributed by atoms with van der Waals surface area (Å²) in [6, 6.07) is -0.189. The van der Waals surface area contributed by atoms with Gasteiger partial charge in [0.25, 0.3) is 0 Å². The van der Waals surface area contributed by atoms with Crippen molar-refractivity contribution in [2.45, 2.75) is 77.4 Å². The van der Waals surface area contributed by atoms with Gasteiger partial charge in [-0.3, -0.25) is 9.69 Å². The summed E-state index contributed by atoms with van der Waals surface area (Å²) in [4.78, 5) is 39.0. The number of allylic oxidation sites excluding steroid dienone is 1. The van der Waals surface area contributed by atoms with E-state index in [9.17, 15) is 19.5 Å². The summed E-state index contributed by atoms with van der Waals surface area (Å²) in [7, 11) is 1.34. The lowest BCUT2D eigenvalue weighted by Crippen LogP contribution is -2.65. The van der Waals surface area contributed by atoms with Crippen LogP contribution >= 0.6 is 0 Å². The highest BCUT2D eigenvalue weighted by molar-refractivity contribution is 5.87. The number of carbonyl (C=O) groups excluding carboxylic acids is 3. The number of ether oxygens (including phenoxy) is 4. The molecule has 0 aromatic heterocycles. The molecule has 0 saturated carbocycles. The third-order valence-corrected chi connectivity index (χ3v) is 6.37. The molecule has 0 aromatic carbocycles. The summed E-state index contributed by atoms with van der Waals surface area (Å²) < 4.78 is 21.6. The molecule has 9 heteroatoms. The summed E-state index contributed by atoms with van der Waals surface area (Å²) in [5.41, 5.74) is -2.51. The molecule has 0 amide bonds. The molecule has 0 unspecified atom stereocenters. The lowest BCUT2D eigenvalue weighted by molar-refractivity contribution is -0.226. The van der Waals surface area contributed by atoms with Crippen LogP contribution in [0.15, 0.2) is 23.3 Å². The van der Waals surface area contributed by atoms with Crippen molar-refractivity contribution in [2.24, 2.45) is 0 Å². The number of fused-ring (bicyclic) bond motifs is 1. The standard InChI is InChI=1S/C23H35NO8/c1-8-14(2)20(26)31-18-10-12-24-11-9-17(19(18)24)13-30-21(27)23(28,15(3)29-7)22(5,6)32-16(4)25/h8-9,15,18-19,28H,10-13H2,1-7H3/b14-8-/t15-,18-,19+,23+/m0/s1. The van der Waals surface area contributed by atoms with Crippen molar-refractivity contribution in [3.63, 3.8) is 0 Å². The number of aliphatic hydroxyl groups is 1. The fraction of sp³-hybridized carbons (Fsp3) is 0.696. The maximum absolute atomic E-state index is 13.1. The van der Waals surface area contributed by atoms with Crippen LogP contribution in [0.4, 0.5) is 0 Å². The second-order valence-corrected chi connectivity index (χ2v) is 8.75. The van der Waals surface area contributed by atoms with E-state index in [1.165, 1.54) is 34.8 Å². The first-order valence-corrected chi connectivity index (χ1v) is 10.8. The zero-order valence-electron chi connectivity index (χ0n) is 20.0. The van der Waals surface area contributed by atoms with Crippen molar-refractivity contribution in [1.82, 2.24) is 4.90 Å². The third-order valence-electron chi connectivity index (χ3n) is 6.37. The zero-order valence-corrected chi connectivity index (χ0v) is 20.0. The predicted octanol–water partition coefficient (Wildman–Crippen LogP) is 1.53. The highest BCUT2D eigenvalue weighted by Gasteiger charge is 2.58. The molecule has 0 aliphatic carbocycles. The van der Waals surface area contributed by atoms with Crippen molar-refractivity contribution >= 4 is 17.9 Å². The molecule has 9 nitrogen and oxygen atoms in total. The van der Waals surface area contributed by atoms with Gasteiger partial charge in [-0.1, -0.05) is 12.2 Å². The van der Waals surface area contributed by atoms with E-state index in [-0.39, 0.29) is 24.7 Å². The first-order chi connectivity index (χ1) is 14.9. The molecule has 2 aliphatic heterocycles. The van der Waals surface area contributed by atoms with Crippen molar-refractivity contribution < 1.29 is 38.4 Å². The van der Waals surface area contributed by atoms with Gasteiger partial charge in [0.2, 0.25) is 5.60 Å². The van der Waals surface area contributed by atoms with Gasteiger partial charge in [0.05, 0.1) is 12.1 Å². The van der Waals surface area contributed by atoms with E-state index < -0.39 is 29.2 Å². The number of hydrogen-bond acceptors (Lipinski definition) is 9. The highest BCUT2D eigenvalue weighted by atomic mass is 16.6. The summed E-state index contributed by atoms with van der Waals surface area (Å²) in [6.07, 6.45) is 2.96. The lowest BCUT2D eigenvalue weighted by atomic mass is 9.81. The molecule has 1 saturated heterocycles. The molecular weight excluding hydrogens is 418 g/mol. The molecule has 0 aromatic rings. The Morgan fingerprint density at radius 2 is 1.97 bits per heavy atom. The van der Waals surface area contributed by atoms with Crippen LogP contribution in [0.5, 0.6) is 0 Å². The molecule has 0 spiro atoms. The van der Waals surface area contributed by atoms with Crippen LogP contribution in [0.25, 0.3) is 0 Å². The molecule has 0 radical (unpaired) electrons. The Balaban J connectivity index is 2.14. The SMILES string of the molecule is C/C=C(/C)C(=O)O[C@H]1CCN2CC=C(COC(=O)[C@](O)([C@H](C)OC)C(C)(C)OC(C)=O)[C@H]12. The van der Waals surface area contributed by atoms with Crippen LogP contribution in [0.3, 0.4) is 0 Å². The van der Waals surface area contributed by atoms with Gasteiger partial charge in [-0.2, -0.15) is 0 Å². The summed E-state index contributed by atoms with van der Waals surface area (Å²) in [5, 5.41) is 11.3. The first-order valence-electron chi connectivity index (χ1n) is 10.8. The Hall–Kier alpha value is -2.23. The second kappa shape index (κ2) is 10.1. The van der Waals surface area contributed by atoms with Crippen molar-refractivity contribution in [3.05, 3.63) is 23.3 Å². The fourth-order valence-corrected chi connectivity index (χ4v) is 4.24. The van der Waals surface area contributed by atoms with Gasteiger partial charge >= 0.3 is 17.9 Å². The number of methoxy groups -OCH3 is 1. The van der Waals surface area contributed by atoms with Crippen LogP contribution in [0.1, 0.15) is 48.0 Å². The third kappa shape index (κ3) is 5.05. The van der Waals surface area contributed by atoms with E-state index in [1.807, 2.05) is 6.08 Å². The molecule has 180 valence electrons. The number of nitrogens with zero attached hydrogens (tertiary/aromatic N) is 1. The maximum Gasteiger partial charge on any atom is 0.345 e. The molecule has 2 heterocycles. The number of rotatable bonds is 9. The predicted molar refractivity (Wildman–Crippen MR) is 116 cm³/mol. The number of esters is 3. The minimum absolute atomic E-state index is 0.0917. The van der Waals surface area contributed by atoms with Crippen molar-refractivity contribution in [3.8, 4) is 0 Å². The monoisotopic (exact) mass is 453 g/mol. The van der Waals surface area contributed by atoms with E-state index in [4.69, 9.17) is 18.9 Å². The normalized spacial score (nSPS) is 24.2. The Kier molecular flexibility index (Phi) is 8.25. The van der Waals surface area contributed by atoms with Crippen LogP contribution < -0.4 is 0 Å². The van der Waals surface area contributed by atoms with E-state index in [1.54, 1.807) is 19.9 Å². The van der Waals surface area contributed by atoms with E-state index in [0.29, 0.717) is 18.5 Å². The summed E-state index contributed by atoms with van der Waals surface area (Å²) in [5.74, 6) is -1.98. The van der Waals surface area contributed by atoms with Crippen LogP contribution in [0.2, 0.25) is 0 Å². The quantitative estimate of drug-likeness (QED) is 0.240. The van der Waals surface area contributed by atoms with Crippen LogP contribution in [-0.4, -0.2) is 84.2 Å². The van der Waals surface area contributed by atoms with Gasteiger partial charge in [-0.05, 0) is 46.6 Å².